The van der Waals surface area contributed by atoms with Gasteiger partial charge >= 0.3 is 0 Å². The maximum Gasteiger partial charge on any atom is 0.257 e. The summed E-state index contributed by atoms with van der Waals surface area (Å²) in [5, 5.41) is 6.47. The minimum atomic E-state index is -0.286. The number of nitrogens with zero attached hydrogens (tertiary/aromatic N) is 1. The fraction of sp³-hybridized carbons (Fsp3) is 0.261. The van der Waals surface area contributed by atoms with Crippen LogP contribution in [0.5, 0.6) is 0 Å². The van der Waals surface area contributed by atoms with Crippen molar-refractivity contribution in [1.29, 1.82) is 0 Å². The smallest absolute Gasteiger partial charge is 0.257 e. The molecule has 2 N–H and O–H groups in total. The number of aromatic nitrogens is 1. The van der Waals surface area contributed by atoms with E-state index < -0.39 is 0 Å². The molecule has 1 unspecified atom stereocenters. The first-order valence-electron chi connectivity index (χ1n) is 9.66. The maximum atomic E-state index is 12.9. The Balaban J connectivity index is 1.48. The van der Waals surface area contributed by atoms with Gasteiger partial charge in [-0.3, -0.25) is 14.9 Å². The third-order valence-corrected chi connectivity index (χ3v) is 6.27. The van der Waals surface area contributed by atoms with Crippen LogP contribution in [0.15, 0.2) is 42.5 Å². The van der Waals surface area contributed by atoms with Gasteiger partial charge in [0.15, 0.2) is 5.13 Å². The lowest BCUT2D eigenvalue weighted by Crippen LogP contribution is -2.20. The molecule has 2 amide bonds. The van der Waals surface area contributed by atoms with E-state index in [-0.39, 0.29) is 17.7 Å². The van der Waals surface area contributed by atoms with Crippen molar-refractivity contribution in [2.45, 2.75) is 39.5 Å². The number of aryl methyl sites for hydroxylation is 4. The molecule has 0 fully saturated rings. The highest BCUT2D eigenvalue weighted by molar-refractivity contribution is 7.16. The number of carbonyl (C=O) groups excluding carboxylic acids is 2. The predicted octanol–water partition coefficient (Wildman–Crippen LogP) is 4.99. The van der Waals surface area contributed by atoms with Crippen LogP contribution in [0.25, 0.3) is 0 Å². The second-order valence-corrected chi connectivity index (χ2v) is 8.63. The van der Waals surface area contributed by atoms with Gasteiger partial charge in [-0.2, -0.15) is 0 Å². The summed E-state index contributed by atoms with van der Waals surface area (Å²) in [6.45, 7) is 5.97. The number of anilines is 2. The molecule has 0 bridgehead atoms. The molecule has 6 heteroatoms. The van der Waals surface area contributed by atoms with Gasteiger partial charge in [-0.1, -0.05) is 29.8 Å². The zero-order valence-electron chi connectivity index (χ0n) is 16.7. The molecule has 1 aliphatic carbocycles. The molecule has 0 saturated heterocycles. The lowest BCUT2D eigenvalue weighted by Gasteiger charge is -2.13. The van der Waals surface area contributed by atoms with Gasteiger partial charge in [0.2, 0.25) is 5.91 Å². The molecule has 148 valence electrons. The zero-order valence-corrected chi connectivity index (χ0v) is 17.5. The Morgan fingerprint density at radius 2 is 1.72 bits per heavy atom. The van der Waals surface area contributed by atoms with Gasteiger partial charge in [0.1, 0.15) is 0 Å². The van der Waals surface area contributed by atoms with Crippen LogP contribution in [0, 0.1) is 20.8 Å². The Labute approximate surface area is 174 Å². The summed E-state index contributed by atoms with van der Waals surface area (Å²) < 4.78 is 0. The highest BCUT2D eigenvalue weighted by Crippen LogP contribution is 2.39. The number of benzene rings is 2. The molecule has 4 rings (SSSR count). The zero-order chi connectivity index (χ0) is 20.5. The summed E-state index contributed by atoms with van der Waals surface area (Å²) in [5.74, 6) is -0.515. The third-order valence-electron chi connectivity index (χ3n) is 5.22. The summed E-state index contributed by atoms with van der Waals surface area (Å²) in [6, 6.07) is 13.4. The first-order valence-corrected chi connectivity index (χ1v) is 10.5. The fourth-order valence-electron chi connectivity index (χ4n) is 3.50. The number of hydrogen-bond acceptors (Lipinski definition) is 4. The van der Waals surface area contributed by atoms with Crippen molar-refractivity contribution in [3.63, 3.8) is 0 Å². The van der Waals surface area contributed by atoms with Crippen LogP contribution in [-0.2, 0) is 11.2 Å². The Morgan fingerprint density at radius 1 is 1.00 bits per heavy atom. The molecule has 1 heterocycles. The lowest BCUT2D eigenvalue weighted by molar-refractivity contribution is -0.117. The molecule has 1 atom stereocenters. The molecule has 5 nitrogen and oxygen atoms in total. The van der Waals surface area contributed by atoms with Crippen molar-refractivity contribution >= 4 is 34.0 Å². The third kappa shape index (κ3) is 4.07. The van der Waals surface area contributed by atoms with Crippen molar-refractivity contribution in [2.75, 3.05) is 10.6 Å². The monoisotopic (exact) mass is 405 g/mol. The molecule has 0 spiro atoms. The Kier molecular flexibility index (Phi) is 5.20. The molecule has 1 aromatic heterocycles. The van der Waals surface area contributed by atoms with Gasteiger partial charge in [0, 0.05) is 16.1 Å². The molecule has 0 saturated carbocycles. The van der Waals surface area contributed by atoms with E-state index in [1.54, 1.807) is 12.1 Å². The van der Waals surface area contributed by atoms with Crippen LogP contribution in [-0.4, -0.2) is 16.8 Å². The number of carbonyl (C=O) groups is 2. The second kappa shape index (κ2) is 7.79. The fourth-order valence-corrected chi connectivity index (χ4v) is 4.53. The highest BCUT2D eigenvalue weighted by Gasteiger charge is 2.33. The van der Waals surface area contributed by atoms with Crippen LogP contribution < -0.4 is 10.6 Å². The highest BCUT2D eigenvalue weighted by atomic mass is 32.1. The first kappa shape index (κ1) is 19.3. The van der Waals surface area contributed by atoms with Gasteiger partial charge in [0.25, 0.3) is 5.91 Å². The van der Waals surface area contributed by atoms with E-state index in [0.717, 1.165) is 45.8 Å². The number of rotatable bonds is 4. The summed E-state index contributed by atoms with van der Waals surface area (Å²) in [4.78, 5) is 31.0. The van der Waals surface area contributed by atoms with Crippen LogP contribution in [0.1, 0.15) is 50.0 Å². The van der Waals surface area contributed by atoms with Gasteiger partial charge in [-0.15, -0.1) is 11.3 Å². The van der Waals surface area contributed by atoms with E-state index in [9.17, 15) is 9.59 Å². The Hall–Kier alpha value is -2.99. The lowest BCUT2D eigenvalue weighted by atomic mass is 10.1. The van der Waals surface area contributed by atoms with Crippen molar-refractivity contribution < 1.29 is 9.59 Å². The minimum absolute atomic E-state index is 0.0424. The molecular weight excluding hydrogens is 382 g/mol. The second-order valence-electron chi connectivity index (χ2n) is 7.55. The van der Waals surface area contributed by atoms with Crippen molar-refractivity contribution in [3.8, 4) is 0 Å². The average molecular weight is 406 g/mol. The van der Waals surface area contributed by atoms with Crippen molar-refractivity contribution in [3.05, 3.63) is 75.3 Å². The quantitative estimate of drug-likeness (QED) is 0.642. The molecular formula is C23H23N3O2S. The van der Waals surface area contributed by atoms with E-state index in [1.807, 2.05) is 51.1 Å². The van der Waals surface area contributed by atoms with E-state index in [2.05, 4.69) is 15.6 Å². The topological polar surface area (TPSA) is 71.1 Å². The van der Waals surface area contributed by atoms with Crippen LogP contribution in [0.2, 0.25) is 0 Å². The average Bonchev–Trinajstić information content (AvgIpc) is 3.25. The maximum absolute atomic E-state index is 12.9. The van der Waals surface area contributed by atoms with Crippen LogP contribution >= 0.6 is 11.3 Å². The predicted molar refractivity (Wildman–Crippen MR) is 117 cm³/mol. The van der Waals surface area contributed by atoms with E-state index in [0.29, 0.717) is 10.7 Å². The Bertz CT molecular complexity index is 1090. The first-order chi connectivity index (χ1) is 13.9. The van der Waals surface area contributed by atoms with Gasteiger partial charge in [0.05, 0.1) is 11.6 Å². The normalized spacial score (nSPS) is 15.1. The molecule has 0 radical (unpaired) electrons. The van der Waals surface area contributed by atoms with E-state index in [1.165, 1.54) is 11.3 Å². The van der Waals surface area contributed by atoms with Gasteiger partial charge < -0.3 is 5.32 Å². The number of fused-ring (bicyclic) bond motifs is 1. The van der Waals surface area contributed by atoms with Gasteiger partial charge in [-0.25, -0.2) is 4.98 Å². The summed E-state index contributed by atoms with van der Waals surface area (Å²) in [5.41, 5.74) is 5.46. The summed E-state index contributed by atoms with van der Waals surface area (Å²) in [7, 11) is 0. The molecule has 2 aromatic carbocycles. The SMILES string of the molecule is Cc1ccc(C(=O)Nc2nc3c(s2)CCC3C(=O)Nc2cc(C)ccc2C)cc1. The number of hydrogen-bond donors (Lipinski definition) is 2. The van der Waals surface area contributed by atoms with Crippen molar-refractivity contribution in [1.82, 2.24) is 4.98 Å². The van der Waals surface area contributed by atoms with Crippen LogP contribution in [0.4, 0.5) is 10.8 Å². The Morgan fingerprint density at radius 3 is 2.48 bits per heavy atom. The number of thiazole rings is 1. The van der Waals surface area contributed by atoms with Crippen molar-refractivity contribution in [2.24, 2.45) is 0 Å². The number of amides is 2. The summed E-state index contributed by atoms with van der Waals surface area (Å²) >= 11 is 1.46. The van der Waals surface area contributed by atoms with Crippen LogP contribution in [0.3, 0.4) is 0 Å². The van der Waals surface area contributed by atoms with E-state index >= 15 is 0 Å². The van der Waals surface area contributed by atoms with E-state index in [4.69, 9.17) is 0 Å². The molecule has 0 aliphatic heterocycles. The number of nitrogens with one attached hydrogen (secondary N) is 2. The molecule has 3 aromatic rings. The van der Waals surface area contributed by atoms with Gasteiger partial charge in [-0.05, 0) is 62.9 Å². The molecule has 1 aliphatic rings. The standard InChI is InChI=1S/C23H23N3O2S/c1-13-5-8-16(9-6-13)21(27)26-23-25-20-17(10-11-19(20)29-23)22(28)24-18-12-14(2)4-7-15(18)3/h4-9,12,17H,10-11H2,1-3H3,(H,24,28)(H,25,26,27). The summed E-state index contributed by atoms with van der Waals surface area (Å²) in [6.07, 6.45) is 1.55. The largest absolute Gasteiger partial charge is 0.325 e. The molecule has 29 heavy (non-hydrogen) atoms. The minimum Gasteiger partial charge on any atom is -0.325 e.